The second kappa shape index (κ2) is 9.21. The largest absolute Gasteiger partial charge is 0.459 e. The van der Waals surface area contributed by atoms with Gasteiger partial charge in [0.1, 0.15) is 5.60 Å². The molecule has 0 radical (unpaired) electrons. The Bertz CT molecular complexity index is 1120. The first-order valence-electron chi connectivity index (χ1n) is 13.6. The maximum absolute atomic E-state index is 13.4. The quantitative estimate of drug-likeness (QED) is 0.343. The van der Waals surface area contributed by atoms with Crippen molar-refractivity contribution in [1.29, 1.82) is 0 Å². The first-order valence-corrected chi connectivity index (χ1v) is 13.6. The van der Waals surface area contributed by atoms with E-state index in [-0.39, 0.29) is 16.8 Å². The molecular formula is C34H40O2. The van der Waals surface area contributed by atoms with Crippen molar-refractivity contribution in [3.05, 3.63) is 108 Å². The smallest absolute Gasteiger partial charge is 0.311 e. The van der Waals surface area contributed by atoms with Crippen molar-refractivity contribution in [2.45, 2.75) is 88.6 Å². The van der Waals surface area contributed by atoms with Gasteiger partial charge in [-0.15, -0.1) is 0 Å². The monoisotopic (exact) mass is 480 g/mol. The van der Waals surface area contributed by atoms with Gasteiger partial charge in [-0.25, -0.2) is 0 Å². The maximum atomic E-state index is 13.4. The lowest BCUT2D eigenvalue weighted by Gasteiger charge is -2.61. The molecule has 0 N–H and O–H groups in total. The summed E-state index contributed by atoms with van der Waals surface area (Å²) in [6, 6.07) is 33.2. The van der Waals surface area contributed by atoms with Gasteiger partial charge in [0.25, 0.3) is 0 Å². The number of carbonyl (C=O) groups excluding carboxylic acids is 1. The molecule has 2 unspecified atom stereocenters. The summed E-state index contributed by atoms with van der Waals surface area (Å²) in [5.74, 6) is 0.365. The number of carbonyl (C=O) groups is 1. The lowest BCUT2D eigenvalue weighted by Crippen LogP contribution is -2.59. The van der Waals surface area contributed by atoms with Crippen molar-refractivity contribution in [1.82, 2.24) is 0 Å². The minimum atomic E-state index is -0.527. The van der Waals surface area contributed by atoms with Crippen LogP contribution in [0.4, 0.5) is 0 Å². The topological polar surface area (TPSA) is 26.3 Å². The molecule has 0 heterocycles. The van der Waals surface area contributed by atoms with Gasteiger partial charge >= 0.3 is 5.97 Å². The van der Waals surface area contributed by atoms with E-state index in [0.717, 1.165) is 38.5 Å². The number of benzene rings is 3. The number of hydrogen-bond acceptors (Lipinski definition) is 2. The van der Waals surface area contributed by atoms with Crippen LogP contribution in [0.15, 0.2) is 91.0 Å². The first kappa shape index (κ1) is 24.8. The Kier molecular flexibility index (Phi) is 6.35. The zero-order chi connectivity index (χ0) is 25.4. The second-order valence-corrected chi connectivity index (χ2v) is 12.5. The molecule has 2 nitrogen and oxygen atoms in total. The number of ether oxygens (including phenoxy) is 1. The van der Waals surface area contributed by atoms with Crippen LogP contribution in [-0.2, 0) is 20.4 Å². The van der Waals surface area contributed by atoms with E-state index in [4.69, 9.17) is 4.74 Å². The van der Waals surface area contributed by atoms with E-state index in [1.807, 2.05) is 20.8 Å². The molecule has 0 saturated heterocycles. The van der Waals surface area contributed by atoms with Crippen LogP contribution >= 0.6 is 0 Å². The number of esters is 1. The summed E-state index contributed by atoms with van der Waals surface area (Å²) in [7, 11) is 0. The number of rotatable bonds is 5. The molecule has 2 aliphatic carbocycles. The molecule has 2 heteroatoms. The fourth-order valence-corrected chi connectivity index (χ4v) is 7.31. The van der Waals surface area contributed by atoms with E-state index in [2.05, 4.69) is 97.9 Å². The van der Waals surface area contributed by atoms with Crippen molar-refractivity contribution < 1.29 is 9.53 Å². The molecular weight excluding hydrogens is 440 g/mol. The molecule has 0 amide bonds. The standard InChI is InChI=1S/C34H40O2/c1-5-34(36-30(35)31(2,3)4)24-32(28-17-11-7-12-18-28)21-27(26-15-9-6-10-16-26)22-33(23-32,25-34)29-19-13-8-14-20-29/h6-20,27H,5,21-25H2,1-4H3. The minimum absolute atomic E-state index is 0.0672. The molecule has 188 valence electrons. The fourth-order valence-electron chi connectivity index (χ4n) is 7.31. The predicted octanol–water partition coefficient (Wildman–Crippen LogP) is 8.36. The predicted molar refractivity (Wildman–Crippen MR) is 147 cm³/mol. The normalized spacial score (nSPS) is 29.9. The Morgan fingerprint density at radius 2 is 1.19 bits per heavy atom. The minimum Gasteiger partial charge on any atom is -0.459 e. The zero-order valence-electron chi connectivity index (χ0n) is 22.3. The third kappa shape index (κ3) is 4.51. The average molecular weight is 481 g/mol. The Labute approximate surface area is 217 Å². The van der Waals surface area contributed by atoms with Crippen LogP contribution in [0.2, 0.25) is 0 Å². The van der Waals surface area contributed by atoms with Gasteiger partial charge in [0.15, 0.2) is 0 Å². The highest BCUT2D eigenvalue weighted by Crippen LogP contribution is 2.64. The van der Waals surface area contributed by atoms with Gasteiger partial charge in [-0.3, -0.25) is 4.79 Å². The summed E-state index contributed by atoms with van der Waals surface area (Å²) in [6.07, 6.45) is 5.82. The molecule has 5 rings (SSSR count). The molecule has 2 bridgehead atoms. The van der Waals surface area contributed by atoms with Crippen LogP contribution in [0.5, 0.6) is 0 Å². The van der Waals surface area contributed by atoms with Crippen LogP contribution in [0.1, 0.15) is 88.8 Å². The van der Waals surface area contributed by atoms with Gasteiger partial charge in [0, 0.05) is 10.8 Å². The van der Waals surface area contributed by atoms with E-state index in [1.54, 1.807) is 0 Å². The van der Waals surface area contributed by atoms with Gasteiger partial charge in [-0.1, -0.05) is 97.9 Å². The summed E-state index contributed by atoms with van der Waals surface area (Å²) < 4.78 is 6.62. The molecule has 2 atom stereocenters. The molecule has 2 saturated carbocycles. The van der Waals surface area contributed by atoms with Crippen molar-refractivity contribution in [3.8, 4) is 0 Å². The van der Waals surface area contributed by atoms with Gasteiger partial charge in [0.2, 0.25) is 0 Å². The lowest BCUT2D eigenvalue weighted by atomic mass is 9.45. The molecule has 3 aromatic carbocycles. The molecule has 0 aromatic heterocycles. The van der Waals surface area contributed by atoms with E-state index in [1.165, 1.54) is 16.7 Å². The number of fused-ring (bicyclic) bond motifs is 2. The fraction of sp³-hybridized carbons (Fsp3) is 0.441. The van der Waals surface area contributed by atoms with Crippen molar-refractivity contribution in [3.63, 3.8) is 0 Å². The molecule has 3 aromatic rings. The maximum Gasteiger partial charge on any atom is 0.311 e. The van der Waals surface area contributed by atoms with Crippen molar-refractivity contribution in [2.24, 2.45) is 5.41 Å². The Balaban J connectivity index is 1.70. The SMILES string of the molecule is CCC1(OC(=O)C(C)(C)C)CC2(c3ccccc3)CC(c3ccccc3)CC(c3ccccc3)(C1)C2. The van der Waals surface area contributed by atoms with Crippen LogP contribution in [0.3, 0.4) is 0 Å². The second-order valence-electron chi connectivity index (χ2n) is 12.5. The van der Waals surface area contributed by atoms with E-state index < -0.39 is 11.0 Å². The number of hydrogen-bond donors (Lipinski definition) is 0. The van der Waals surface area contributed by atoms with E-state index in [0.29, 0.717) is 5.92 Å². The lowest BCUT2D eigenvalue weighted by molar-refractivity contribution is -0.183. The highest BCUT2D eigenvalue weighted by atomic mass is 16.6. The third-order valence-corrected chi connectivity index (χ3v) is 8.88. The molecule has 2 fully saturated rings. The molecule has 0 spiro atoms. The van der Waals surface area contributed by atoms with E-state index >= 15 is 0 Å². The highest BCUT2D eigenvalue weighted by molar-refractivity contribution is 5.76. The summed E-state index contributed by atoms with van der Waals surface area (Å²) in [5.41, 5.74) is 3.04. The Morgan fingerprint density at radius 3 is 1.61 bits per heavy atom. The van der Waals surface area contributed by atoms with Crippen LogP contribution in [0.25, 0.3) is 0 Å². The van der Waals surface area contributed by atoms with Crippen molar-refractivity contribution in [2.75, 3.05) is 0 Å². The molecule has 2 aliphatic rings. The molecule has 36 heavy (non-hydrogen) atoms. The van der Waals surface area contributed by atoms with E-state index in [9.17, 15) is 4.79 Å². The highest BCUT2D eigenvalue weighted by Gasteiger charge is 2.60. The van der Waals surface area contributed by atoms with Gasteiger partial charge in [-0.05, 0) is 81.9 Å². The first-order chi connectivity index (χ1) is 17.2. The Hall–Kier alpha value is -2.87. The van der Waals surface area contributed by atoms with Gasteiger partial charge in [-0.2, -0.15) is 0 Å². The van der Waals surface area contributed by atoms with Gasteiger partial charge < -0.3 is 4.74 Å². The average Bonchev–Trinajstić information content (AvgIpc) is 2.89. The third-order valence-electron chi connectivity index (χ3n) is 8.88. The van der Waals surface area contributed by atoms with Crippen LogP contribution in [-0.4, -0.2) is 11.6 Å². The van der Waals surface area contributed by atoms with Crippen molar-refractivity contribution >= 4 is 5.97 Å². The summed E-state index contributed by atoms with van der Waals surface area (Å²) in [5, 5.41) is 0. The summed E-state index contributed by atoms with van der Waals surface area (Å²) >= 11 is 0. The zero-order valence-corrected chi connectivity index (χ0v) is 22.3. The van der Waals surface area contributed by atoms with Gasteiger partial charge in [0.05, 0.1) is 5.41 Å². The summed E-state index contributed by atoms with van der Waals surface area (Å²) in [4.78, 5) is 13.4. The van der Waals surface area contributed by atoms with Crippen LogP contribution in [0, 0.1) is 5.41 Å². The molecule has 0 aliphatic heterocycles. The Morgan fingerprint density at radius 1 is 0.750 bits per heavy atom. The van der Waals surface area contributed by atoms with Crippen LogP contribution < -0.4 is 0 Å². The summed E-state index contributed by atoms with van der Waals surface area (Å²) in [6.45, 7) is 8.11.